The fourth-order valence-corrected chi connectivity index (χ4v) is 3.02. The average Bonchev–Trinajstić information content (AvgIpc) is 2.68. The molecule has 0 atom stereocenters. The number of hydrogen-bond acceptors (Lipinski definition) is 3. The van der Waals surface area contributed by atoms with Crippen molar-refractivity contribution in [2.75, 3.05) is 17.2 Å². The van der Waals surface area contributed by atoms with Crippen molar-refractivity contribution < 1.29 is 9.59 Å². The van der Waals surface area contributed by atoms with Crippen LogP contribution < -0.4 is 10.6 Å². The van der Waals surface area contributed by atoms with E-state index in [1.54, 1.807) is 35.2 Å². The molecule has 0 spiro atoms. The van der Waals surface area contributed by atoms with Crippen LogP contribution in [0.25, 0.3) is 0 Å². The number of carbonyl (C=O) groups excluding carboxylic acids is 2. The van der Waals surface area contributed by atoms with E-state index >= 15 is 0 Å². The van der Waals surface area contributed by atoms with Crippen LogP contribution in [-0.2, 0) is 0 Å². The molecule has 1 amide bonds. The van der Waals surface area contributed by atoms with Crippen LogP contribution in [0.5, 0.6) is 0 Å². The van der Waals surface area contributed by atoms with Crippen molar-refractivity contribution in [2.24, 2.45) is 0 Å². The second-order valence-electron chi connectivity index (χ2n) is 5.72. The Hall–Kier alpha value is -2.33. The number of nitrogens with two attached hydrogens (primary N) is 1. The van der Waals surface area contributed by atoms with Gasteiger partial charge in [0.1, 0.15) is 0 Å². The summed E-state index contributed by atoms with van der Waals surface area (Å²) in [6.07, 6.45) is 1.03. The summed E-state index contributed by atoms with van der Waals surface area (Å²) in [5, 5.41) is 0.492. The van der Waals surface area contributed by atoms with Gasteiger partial charge in [0, 0.05) is 34.8 Å². The number of benzene rings is 2. The molecule has 0 aliphatic carbocycles. The SMILES string of the molecule is Cc1ccc(N)cc1C(=O)N1CCCC(=O)c2cc(Cl)ccc21. The zero-order chi connectivity index (χ0) is 16.6. The van der Waals surface area contributed by atoms with Gasteiger partial charge in [-0.3, -0.25) is 9.59 Å². The minimum atomic E-state index is -0.145. The van der Waals surface area contributed by atoms with Gasteiger partial charge in [0.15, 0.2) is 5.78 Å². The number of ketones is 1. The van der Waals surface area contributed by atoms with Crippen molar-refractivity contribution in [1.29, 1.82) is 0 Å². The lowest BCUT2D eigenvalue weighted by Crippen LogP contribution is -2.32. The topological polar surface area (TPSA) is 63.4 Å². The summed E-state index contributed by atoms with van der Waals surface area (Å²) < 4.78 is 0. The fraction of sp³-hybridized carbons (Fsp3) is 0.222. The zero-order valence-corrected chi connectivity index (χ0v) is 13.6. The van der Waals surface area contributed by atoms with Crippen LogP contribution in [0.2, 0.25) is 5.02 Å². The highest BCUT2D eigenvalue weighted by Crippen LogP contribution is 2.30. The molecule has 118 valence electrons. The van der Waals surface area contributed by atoms with Crippen LogP contribution in [-0.4, -0.2) is 18.2 Å². The van der Waals surface area contributed by atoms with Crippen molar-refractivity contribution in [1.82, 2.24) is 0 Å². The highest BCUT2D eigenvalue weighted by Gasteiger charge is 2.27. The molecule has 0 saturated heterocycles. The second-order valence-corrected chi connectivity index (χ2v) is 6.16. The molecule has 1 heterocycles. The van der Waals surface area contributed by atoms with E-state index in [0.29, 0.717) is 46.9 Å². The normalized spacial score (nSPS) is 14.3. The number of hydrogen-bond donors (Lipinski definition) is 1. The Morgan fingerprint density at radius 1 is 1.22 bits per heavy atom. The molecule has 4 nitrogen and oxygen atoms in total. The van der Waals surface area contributed by atoms with E-state index in [-0.39, 0.29) is 11.7 Å². The summed E-state index contributed by atoms with van der Waals surface area (Å²) in [5.41, 5.74) is 8.89. The van der Waals surface area contributed by atoms with Gasteiger partial charge in [0.25, 0.3) is 5.91 Å². The summed E-state index contributed by atoms with van der Waals surface area (Å²) in [4.78, 5) is 26.9. The molecule has 1 aliphatic heterocycles. The van der Waals surface area contributed by atoms with Crippen molar-refractivity contribution in [3.05, 3.63) is 58.1 Å². The van der Waals surface area contributed by atoms with Crippen LogP contribution in [0.3, 0.4) is 0 Å². The van der Waals surface area contributed by atoms with Gasteiger partial charge in [0.2, 0.25) is 0 Å². The van der Waals surface area contributed by atoms with Crippen LogP contribution in [0.15, 0.2) is 36.4 Å². The lowest BCUT2D eigenvalue weighted by Gasteiger charge is -2.23. The highest BCUT2D eigenvalue weighted by molar-refractivity contribution is 6.31. The van der Waals surface area contributed by atoms with Gasteiger partial charge >= 0.3 is 0 Å². The summed E-state index contributed by atoms with van der Waals surface area (Å²) in [6.45, 7) is 2.37. The standard InChI is InChI=1S/C18H17ClN2O2/c1-11-4-6-13(20)10-14(11)18(23)21-8-2-3-17(22)15-9-12(19)5-7-16(15)21/h4-7,9-10H,2-3,8,20H2,1H3. The van der Waals surface area contributed by atoms with Gasteiger partial charge in [-0.1, -0.05) is 17.7 Å². The Labute approximate surface area is 139 Å². The van der Waals surface area contributed by atoms with Crippen molar-refractivity contribution in [3.63, 3.8) is 0 Å². The predicted octanol–water partition coefficient (Wildman–Crippen LogP) is 3.85. The lowest BCUT2D eigenvalue weighted by molar-refractivity contribution is 0.0973. The maximum Gasteiger partial charge on any atom is 0.258 e. The zero-order valence-electron chi connectivity index (χ0n) is 12.8. The molecule has 2 aromatic rings. The lowest BCUT2D eigenvalue weighted by atomic mass is 10.0. The number of carbonyl (C=O) groups is 2. The Morgan fingerprint density at radius 3 is 2.78 bits per heavy atom. The number of nitrogens with zero attached hydrogens (tertiary/aromatic N) is 1. The number of halogens is 1. The van der Waals surface area contributed by atoms with Crippen LogP contribution in [0, 0.1) is 6.92 Å². The van der Waals surface area contributed by atoms with Gasteiger partial charge < -0.3 is 10.6 Å². The molecule has 0 bridgehead atoms. The molecule has 3 rings (SSSR count). The van der Waals surface area contributed by atoms with Crippen LogP contribution in [0.4, 0.5) is 11.4 Å². The van der Waals surface area contributed by atoms with E-state index < -0.39 is 0 Å². The Morgan fingerprint density at radius 2 is 2.00 bits per heavy atom. The van der Waals surface area contributed by atoms with E-state index in [9.17, 15) is 9.59 Å². The van der Waals surface area contributed by atoms with Gasteiger partial charge in [0.05, 0.1) is 5.69 Å². The van der Waals surface area contributed by atoms with E-state index in [1.165, 1.54) is 0 Å². The third-order valence-electron chi connectivity index (χ3n) is 4.07. The second kappa shape index (κ2) is 6.05. The maximum absolute atomic E-state index is 13.0. The molecule has 2 N–H and O–H groups in total. The molecular formula is C18H17ClN2O2. The first kappa shape index (κ1) is 15.6. The van der Waals surface area contributed by atoms with Gasteiger partial charge in [-0.2, -0.15) is 0 Å². The number of aryl methyl sites for hydroxylation is 1. The molecule has 2 aromatic carbocycles. The number of anilines is 2. The van der Waals surface area contributed by atoms with Gasteiger partial charge in [-0.25, -0.2) is 0 Å². The largest absolute Gasteiger partial charge is 0.399 e. The minimum Gasteiger partial charge on any atom is -0.399 e. The monoisotopic (exact) mass is 328 g/mol. The maximum atomic E-state index is 13.0. The molecule has 5 heteroatoms. The quantitative estimate of drug-likeness (QED) is 0.809. The van der Waals surface area contributed by atoms with Gasteiger partial charge in [-0.05, 0) is 49.2 Å². The number of fused-ring (bicyclic) bond motifs is 1. The average molecular weight is 329 g/mol. The third-order valence-corrected chi connectivity index (χ3v) is 4.31. The van der Waals surface area contributed by atoms with E-state index in [0.717, 1.165) is 5.56 Å². The Bertz CT molecular complexity index is 802. The van der Waals surface area contributed by atoms with Crippen molar-refractivity contribution in [2.45, 2.75) is 19.8 Å². The molecular weight excluding hydrogens is 312 g/mol. The molecule has 0 unspecified atom stereocenters. The van der Waals surface area contributed by atoms with E-state index in [1.807, 2.05) is 13.0 Å². The molecule has 0 radical (unpaired) electrons. The number of rotatable bonds is 1. The summed E-state index contributed by atoms with van der Waals surface area (Å²) in [6, 6.07) is 10.4. The molecule has 1 aliphatic rings. The third kappa shape index (κ3) is 2.94. The molecule has 0 fully saturated rings. The van der Waals surface area contributed by atoms with E-state index in [4.69, 9.17) is 17.3 Å². The molecule has 23 heavy (non-hydrogen) atoms. The van der Waals surface area contributed by atoms with Crippen molar-refractivity contribution >= 4 is 34.7 Å². The summed E-state index contributed by atoms with van der Waals surface area (Å²) >= 11 is 6.01. The van der Waals surface area contributed by atoms with Crippen LogP contribution >= 0.6 is 11.6 Å². The van der Waals surface area contributed by atoms with Crippen molar-refractivity contribution in [3.8, 4) is 0 Å². The first-order chi connectivity index (χ1) is 11.0. The Balaban J connectivity index is 2.09. The van der Waals surface area contributed by atoms with Gasteiger partial charge in [-0.15, -0.1) is 0 Å². The summed E-state index contributed by atoms with van der Waals surface area (Å²) in [5.74, 6) is -0.129. The molecule has 0 aromatic heterocycles. The minimum absolute atomic E-state index is 0.0158. The summed E-state index contributed by atoms with van der Waals surface area (Å²) in [7, 11) is 0. The fourth-order valence-electron chi connectivity index (χ4n) is 2.85. The number of amides is 1. The number of nitrogen functional groups attached to an aromatic ring is 1. The molecule has 0 saturated carbocycles. The Kier molecular flexibility index (Phi) is 4.09. The number of Topliss-reactive ketones (excluding diaryl/α,β-unsaturated/α-hetero) is 1. The highest BCUT2D eigenvalue weighted by atomic mass is 35.5. The van der Waals surface area contributed by atoms with Crippen LogP contribution in [0.1, 0.15) is 39.1 Å². The predicted molar refractivity (Wildman–Crippen MR) is 92.3 cm³/mol. The first-order valence-electron chi connectivity index (χ1n) is 7.48. The van der Waals surface area contributed by atoms with E-state index in [2.05, 4.69) is 0 Å². The first-order valence-corrected chi connectivity index (χ1v) is 7.86. The smallest absolute Gasteiger partial charge is 0.258 e.